The summed E-state index contributed by atoms with van der Waals surface area (Å²) in [5.41, 5.74) is 0.382. The third kappa shape index (κ3) is 4.37. The summed E-state index contributed by atoms with van der Waals surface area (Å²) in [4.78, 5) is 16.4. The zero-order valence-electron chi connectivity index (χ0n) is 12.5. The van der Waals surface area contributed by atoms with Crippen LogP contribution < -0.4 is 5.32 Å². The van der Waals surface area contributed by atoms with Gasteiger partial charge in [0.25, 0.3) is 5.91 Å². The van der Waals surface area contributed by atoms with Gasteiger partial charge in [-0.2, -0.15) is 0 Å². The number of carbonyl (C=O) groups excluding carboxylic acids is 1. The Morgan fingerprint density at radius 1 is 1.29 bits per heavy atom. The summed E-state index contributed by atoms with van der Waals surface area (Å²) >= 11 is 0. The van der Waals surface area contributed by atoms with Crippen LogP contribution in [0.4, 0.5) is 5.82 Å². The Bertz CT molecular complexity index is 451. The number of carbonyl (C=O) groups is 1. The van der Waals surface area contributed by atoms with Crippen LogP contribution in [-0.4, -0.2) is 76.9 Å². The molecular weight excluding hydrogens is 270 g/mol. The van der Waals surface area contributed by atoms with Crippen molar-refractivity contribution in [1.29, 1.82) is 0 Å². The lowest BCUT2D eigenvalue weighted by Crippen LogP contribution is -2.36. The highest BCUT2D eigenvalue weighted by molar-refractivity contribution is 5.92. The van der Waals surface area contributed by atoms with Crippen molar-refractivity contribution in [3.63, 3.8) is 0 Å². The van der Waals surface area contributed by atoms with Crippen molar-refractivity contribution in [2.24, 2.45) is 0 Å². The molecule has 7 heteroatoms. The molecule has 2 heterocycles. The molecule has 2 rings (SSSR count). The molecule has 0 bridgehead atoms. The Balaban J connectivity index is 1.95. The van der Waals surface area contributed by atoms with Crippen molar-refractivity contribution in [1.82, 2.24) is 20.0 Å². The van der Waals surface area contributed by atoms with Gasteiger partial charge in [0.2, 0.25) is 0 Å². The van der Waals surface area contributed by atoms with Crippen LogP contribution in [0.2, 0.25) is 0 Å². The minimum atomic E-state index is -0.0728. The molecule has 0 unspecified atom stereocenters. The van der Waals surface area contributed by atoms with Crippen LogP contribution >= 0.6 is 0 Å². The fraction of sp³-hybridized carbons (Fsp3) is 0.643. The second-order valence-corrected chi connectivity index (χ2v) is 5.05. The standard InChI is InChI=1S/C14H23N5O2/c1-2-15-13-5-4-12(16-17-13)14(21)19-7-3-6-18(8-9-19)10-11-20/h4-5,20H,2-3,6-11H2,1H3,(H,15,17). The van der Waals surface area contributed by atoms with Gasteiger partial charge in [-0.05, 0) is 32.0 Å². The number of aliphatic hydroxyl groups is 1. The first-order valence-electron chi connectivity index (χ1n) is 7.44. The van der Waals surface area contributed by atoms with Crippen molar-refractivity contribution in [2.75, 3.05) is 51.2 Å². The van der Waals surface area contributed by atoms with Crippen LogP contribution in [0.1, 0.15) is 23.8 Å². The lowest BCUT2D eigenvalue weighted by Gasteiger charge is -2.21. The molecule has 0 aromatic carbocycles. The van der Waals surface area contributed by atoms with Gasteiger partial charge in [-0.3, -0.25) is 9.69 Å². The predicted octanol–water partition coefficient (Wildman–Crippen LogP) is 0.0486. The number of aliphatic hydroxyl groups excluding tert-OH is 1. The Morgan fingerprint density at radius 2 is 2.14 bits per heavy atom. The number of hydrogen-bond donors (Lipinski definition) is 2. The fourth-order valence-corrected chi connectivity index (χ4v) is 2.42. The lowest BCUT2D eigenvalue weighted by molar-refractivity contribution is 0.0753. The van der Waals surface area contributed by atoms with E-state index in [9.17, 15) is 4.79 Å². The van der Waals surface area contributed by atoms with Crippen LogP contribution in [0.15, 0.2) is 12.1 Å². The van der Waals surface area contributed by atoms with E-state index in [2.05, 4.69) is 20.4 Å². The molecule has 1 saturated heterocycles. The van der Waals surface area contributed by atoms with Crippen molar-refractivity contribution in [2.45, 2.75) is 13.3 Å². The first-order valence-corrected chi connectivity index (χ1v) is 7.44. The second-order valence-electron chi connectivity index (χ2n) is 5.05. The SMILES string of the molecule is CCNc1ccc(C(=O)N2CCCN(CCO)CC2)nn1. The Hall–Kier alpha value is -1.73. The van der Waals surface area contributed by atoms with Gasteiger partial charge >= 0.3 is 0 Å². The lowest BCUT2D eigenvalue weighted by atomic mass is 10.3. The summed E-state index contributed by atoms with van der Waals surface area (Å²) in [7, 11) is 0. The average Bonchev–Trinajstić information content (AvgIpc) is 2.74. The van der Waals surface area contributed by atoms with Gasteiger partial charge in [0, 0.05) is 32.7 Å². The molecule has 21 heavy (non-hydrogen) atoms. The topological polar surface area (TPSA) is 81.6 Å². The highest BCUT2D eigenvalue weighted by Gasteiger charge is 2.21. The van der Waals surface area contributed by atoms with Crippen molar-refractivity contribution in [3.05, 3.63) is 17.8 Å². The van der Waals surface area contributed by atoms with Crippen LogP contribution in [0.3, 0.4) is 0 Å². The van der Waals surface area contributed by atoms with Crippen LogP contribution in [0.25, 0.3) is 0 Å². The normalized spacial score (nSPS) is 16.6. The zero-order valence-corrected chi connectivity index (χ0v) is 12.5. The minimum absolute atomic E-state index is 0.0728. The average molecular weight is 293 g/mol. The van der Waals surface area contributed by atoms with E-state index in [4.69, 9.17) is 5.11 Å². The molecule has 0 aliphatic carbocycles. The van der Waals surface area contributed by atoms with E-state index in [-0.39, 0.29) is 12.5 Å². The molecule has 1 aromatic heterocycles. The molecule has 1 amide bonds. The number of anilines is 1. The first kappa shape index (κ1) is 15.7. The number of nitrogens with one attached hydrogen (secondary N) is 1. The maximum absolute atomic E-state index is 12.4. The van der Waals surface area contributed by atoms with Crippen molar-refractivity contribution in [3.8, 4) is 0 Å². The summed E-state index contributed by atoms with van der Waals surface area (Å²) < 4.78 is 0. The van der Waals surface area contributed by atoms with Crippen LogP contribution in [0.5, 0.6) is 0 Å². The second kappa shape index (κ2) is 7.90. The molecule has 0 spiro atoms. The molecule has 116 valence electrons. The molecule has 1 aliphatic rings. The van der Waals surface area contributed by atoms with Gasteiger partial charge in [0.1, 0.15) is 5.82 Å². The van der Waals surface area contributed by atoms with E-state index in [0.717, 1.165) is 32.6 Å². The number of rotatable bonds is 5. The summed E-state index contributed by atoms with van der Waals surface area (Å²) in [6, 6.07) is 3.49. The Kier molecular flexibility index (Phi) is 5.89. The van der Waals surface area contributed by atoms with Crippen molar-refractivity contribution >= 4 is 11.7 Å². The number of aromatic nitrogens is 2. The largest absolute Gasteiger partial charge is 0.395 e. The summed E-state index contributed by atoms with van der Waals surface area (Å²) in [5.74, 6) is 0.607. The van der Waals surface area contributed by atoms with Crippen LogP contribution in [0, 0.1) is 0 Å². The number of β-amino-alcohol motifs (C(OH)–C–C–N with tert-alkyl or cyclic N) is 1. The smallest absolute Gasteiger partial charge is 0.274 e. The van der Waals surface area contributed by atoms with E-state index in [1.165, 1.54) is 0 Å². The maximum Gasteiger partial charge on any atom is 0.274 e. The molecule has 1 aliphatic heterocycles. The molecule has 7 nitrogen and oxygen atoms in total. The fourth-order valence-electron chi connectivity index (χ4n) is 2.42. The first-order chi connectivity index (χ1) is 10.2. The van der Waals surface area contributed by atoms with E-state index in [1.807, 2.05) is 11.8 Å². The minimum Gasteiger partial charge on any atom is -0.395 e. The molecule has 2 N–H and O–H groups in total. The van der Waals surface area contributed by atoms with Gasteiger partial charge in [0.15, 0.2) is 5.69 Å². The number of nitrogens with zero attached hydrogens (tertiary/aromatic N) is 4. The predicted molar refractivity (Wildman–Crippen MR) is 80.2 cm³/mol. The molecule has 0 atom stereocenters. The molecule has 0 saturated carbocycles. The quantitative estimate of drug-likeness (QED) is 0.798. The summed E-state index contributed by atoms with van der Waals surface area (Å²) in [5, 5.41) is 20.0. The maximum atomic E-state index is 12.4. The third-order valence-corrected chi connectivity index (χ3v) is 3.53. The number of hydrogen-bond acceptors (Lipinski definition) is 6. The Labute approximate surface area is 125 Å². The third-order valence-electron chi connectivity index (χ3n) is 3.53. The highest BCUT2D eigenvalue weighted by atomic mass is 16.3. The molecule has 0 radical (unpaired) electrons. The monoisotopic (exact) mass is 293 g/mol. The van der Waals surface area contributed by atoms with Gasteiger partial charge in [-0.25, -0.2) is 0 Å². The van der Waals surface area contributed by atoms with Crippen molar-refractivity contribution < 1.29 is 9.90 Å². The van der Waals surface area contributed by atoms with Gasteiger partial charge in [0.05, 0.1) is 6.61 Å². The Morgan fingerprint density at radius 3 is 2.81 bits per heavy atom. The number of amides is 1. The molecule has 1 aromatic rings. The summed E-state index contributed by atoms with van der Waals surface area (Å²) in [6.07, 6.45) is 0.911. The van der Waals surface area contributed by atoms with Gasteiger partial charge in [-0.15, -0.1) is 10.2 Å². The van der Waals surface area contributed by atoms with E-state index >= 15 is 0 Å². The molecular formula is C14H23N5O2. The van der Waals surface area contributed by atoms with Gasteiger partial charge < -0.3 is 15.3 Å². The van der Waals surface area contributed by atoms with Gasteiger partial charge in [-0.1, -0.05) is 0 Å². The van der Waals surface area contributed by atoms with E-state index in [1.54, 1.807) is 12.1 Å². The summed E-state index contributed by atoms with van der Waals surface area (Å²) in [6.45, 7) is 6.66. The van der Waals surface area contributed by atoms with Crippen LogP contribution in [-0.2, 0) is 0 Å². The zero-order chi connectivity index (χ0) is 15.1. The van der Waals surface area contributed by atoms with E-state index in [0.29, 0.717) is 24.6 Å². The molecule has 1 fully saturated rings. The van der Waals surface area contributed by atoms with E-state index < -0.39 is 0 Å². The highest BCUT2D eigenvalue weighted by Crippen LogP contribution is 2.08.